The molecular formula is C73H139NO18. The van der Waals surface area contributed by atoms with Crippen molar-refractivity contribution < 1.29 is 89.4 Å². The Morgan fingerprint density at radius 1 is 0.380 bits per heavy atom. The molecule has 0 spiro atoms. The summed E-state index contributed by atoms with van der Waals surface area (Å²) in [4.78, 5) is 13.4. The number of carbonyl (C=O) groups excluding carboxylic acids is 1. The van der Waals surface area contributed by atoms with Gasteiger partial charge < -0.3 is 89.9 Å². The quantitative estimate of drug-likeness (QED) is 0.0199. The van der Waals surface area contributed by atoms with E-state index in [4.69, 9.17) is 28.4 Å². The van der Waals surface area contributed by atoms with Gasteiger partial charge in [-0.3, -0.25) is 4.79 Å². The Labute approximate surface area is 556 Å². The second-order valence-electron chi connectivity index (χ2n) is 27.5. The summed E-state index contributed by atoms with van der Waals surface area (Å²) in [7, 11) is 0. The molecule has 0 aliphatic carbocycles. The van der Waals surface area contributed by atoms with Crippen molar-refractivity contribution in [2.75, 3.05) is 26.4 Å². The smallest absolute Gasteiger partial charge is 0.220 e. The molecule has 0 aromatic heterocycles. The molecule has 0 bridgehead atoms. The number of ether oxygens (including phenoxy) is 6. The highest BCUT2D eigenvalue weighted by Crippen LogP contribution is 2.33. The second kappa shape index (κ2) is 55.4. The number of carbonyl (C=O) groups is 1. The fourth-order valence-electron chi connectivity index (χ4n) is 13.2. The van der Waals surface area contributed by atoms with Gasteiger partial charge in [-0.25, -0.2) is 0 Å². The van der Waals surface area contributed by atoms with Crippen LogP contribution in [0, 0.1) is 0 Å². The van der Waals surface area contributed by atoms with Gasteiger partial charge in [-0.1, -0.05) is 302 Å². The van der Waals surface area contributed by atoms with Gasteiger partial charge in [0.1, 0.15) is 73.2 Å². The number of rotatable bonds is 60. The molecule has 3 fully saturated rings. The molecule has 3 rings (SSSR count). The van der Waals surface area contributed by atoms with Crippen molar-refractivity contribution >= 4 is 5.91 Å². The number of unbranched alkanes of at least 4 members (excludes halogenated alkanes) is 44. The van der Waals surface area contributed by atoms with Crippen LogP contribution in [0.5, 0.6) is 0 Å². The van der Waals surface area contributed by atoms with Crippen LogP contribution >= 0.6 is 0 Å². The lowest BCUT2D eigenvalue weighted by Gasteiger charge is -2.48. The summed E-state index contributed by atoms with van der Waals surface area (Å²) in [5.74, 6) is -0.271. The highest BCUT2D eigenvalue weighted by atomic mass is 16.8. The second-order valence-corrected chi connectivity index (χ2v) is 27.5. The van der Waals surface area contributed by atoms with Crippen molar-refractivity contribution in [3.63, 3.8) is 0 Å². The first-order valence-corrected chi connectivity index (χ1v) is 37.9. The summed E-state index contributed by atoms with van der Waals surface area (Å²) in [6.07, 6.45) is 36.9. The Balaban J connectivity index is 1.27. The van der Waals surface area contributed by atoms with E-state index < -0.39 is 124 Å². The zero-order chi connectivity index (χ0) is 66.8. The van der Waals surface area contributed by atoms with Gasteiger partial charge in [0.15, 0.2) is 18.9 Å². The summed E-state index contributed by atoms with van der Waals surface area (Å²) in [6.45, 7) is 1.74. The van der Waals surface area contributed by atoms with Crippen molar-refractivity contribution in [3.8, 4) is 0 Å². The van der Waals surface area contributed by atoms with E-state index in [1.54, 1.807) is 6.08 Å². The Hall–Kier alpha value is -1.47. The maximum absolute atomic E-state index is 13.4. The molecule has 544 valence electrons. The minimum atomic E-state index is -1.97. The first-order valence-electron chi connectivity index (χ1n) is 37.9. The Kier molecular flexibility index (Phi) is 51.0. The standard InChI is InChI=1S/C73H139NO18/c1-3-5-7-9-11-13-15-16-17-18-19-20-21-22-23-24-25-26-27-28-29-30-31-32-33-34-35-36-37-38-39-40-41-43-45-47-49-51-61(79)74-56(57(78)50-48-46-44-42-14-12-10-8-6-4-2)55-87-71-67(85)64(82)69(59(53-76)89-71)92-73-68(86)65(83)70(60(54-77)90-73)91-72-66(84)63(81)62(80)58(52-75)88-72/h48,50,56-60,62-73,75-78,80-86H,3-47,49,51-55H2,1-2H3,(H,74,79)/b50-48+. The lowest BCUT2D eigenvalue weighted by molar-refractivity contribution is -0.379. The summed E-state index contributed by atoms with van der Waals surface area (Å²) >= 11 is 0. The van der Waals surface area contributed by atoms with Gasteiger partial charge >= 0.3 is 0 Å². The average molecular weight is 1320 g/mol. The van der Waals surface area contributed by atoms with E-state index in [0.29, 0.717) is 6.42 Å². The highest BCUT2D eigenvalue weighted by molar-refractivity contribution is 5.76. The van der Waals surface area contributed by atoms with Crippen LogP contribution in [0.1, 0.15) is 316 Å². The third kappa shape index (κ3) is 36.4. The number of hydrogen-bond donors (Lipinski definition) is 12. The van der Waals surface area contributed by atoms with E-state index in [9.17, 15) is 61.0 Å². The minimum Gasteiger partial charge on any atom is -0.394 e. The van der Waals surface area contributed by atoms with Crippen molar-refractivity contribution in [2.45, 2.75) is 420 Å². The maximum atomic E-state index is 13.4. The minimum absolute atomic E-state index is 0.249. The van der Waals surface area contributed by atoms with Crippen LogP contribution in [0.3, 0.4) is 0 Å². The molecule has 17 unspecified atom stereocenters. The number of aliphatic hydroxyl groups is 11. The van der Waals surface area contributed by atoms with Gasteiger partial charge in [0, 0.05) is 6.42 Å². The third-order valence-electron chi connectivity index (χ3n) is 19.3. The van der Waals surface area contributed by atoms with Crippen LogP contribution in [0.15, 0.2) is 12.2 Å². The van der Waals surface area contributed by atoms with Gasteiger partial charge in [0.25, 0.3) is 0 Å². The van der Waals surface area contributed by atoms with Gasteiger partial charge in [-0.2, -0.15) is 0 Å². The molecule has 3 aliphatic heterocycles. The molecule has 17 atom stereocenters. The van der Waals surface area contributed by atoms with E-state index in [1.807, 2.05) is 6.08 Å². The molecule has 3 saturated heterocycles. The molecule has 12 N–H and O–H groups in total. The molecule has 19 heteroatoms. The van der Waals surface area contributed by atoms with E-state index in [2.05, 4.69) is 19.2 Å². The van der Waals surface area contributed by atoms with E-state index in [0.717, 1.165) is 44.9 Å². The number of amides is 1. The Morgan fingerprint density at radius 3 is 1.02 bits per heavy atom. The van der Waals surface area contributed by atoms with E-state index in [-0.39, 0.29) is 18.9 Å². The lowest BCUT2D eigenvalue weighted by Crippen LogP contribution is -2.66. The zero-order valence-electron chi connectivity index (χ0n) is 57.8. The molecule has 3 aliphatic rings. The third-order valence-corrected chi connectivity index (χ3v) is 19.3. The number of allylic oxidation sites excluding steroid dienone is 1. The Bertz CT molecular complexity index is 1720. The molecule has 0 aromatic carbocycles. The summed E-state index contributed by atoms with van der Waals surface area (Å²) < 4.78 is 34.3. The fourth-order valence-corrected chi connectivity index (χ4v) is 13.2. The molecular weight excluding hydrogens is 1180 g/mol. The first kappa shape index (κ1) is 84.8. The molecule has 1 amide bonds. The monoisotopic (exact) mass is 1320 g/mol. The molecule has 3 heterocycles. The van der Waals surface area contributed by atoms with Crippen molar-refractivity contribution in [2.24, 2.45) is 0 Å². The largest absolute Gasteiger partial charge is 0.394 e. The van der Waals surface area contributed by atoms with E-state index >= 15 is 0 Å². The molecule has 0 radical (unpaired) electrons. The lowest BCUT2D eigenvalue weighted by atomic mass is 9.96. The van der Waals surface area contributed by atoms with Crippen molar-refractivity contribution in [3.05, 3.63) is 12.2 Å². The number of nitrogens with one attached hydrogen (secondary N) is 1. The molecule has 19 nitrogen and oxygen atoms in total. The van der Waals surface area contributed by atoms with Crippen LogP contribution in [0.2, 0.25) is 0 Å². The van der Waals surface area contributed by atoms with Gasteiger partial charge in [0.2, 0.25) is 5.91 Å². The van der Waals surface area contributed by atoms with Gasteiger partial charge in [-0.15, -0.1) is 0 Å². The van der Waals surface area contributed by atoms with Gasteiger partial charge in [0.05, 0.1) is 38.6 Å². The van der Waals surface area contributed by atoms with Crippen LogP contribution in [-0.2, 0) is 33.2 Å². The van der Waals surface area contributed by atoms with Crippen molar-refractivity contribution in [1.29, 1.82) is 0 Å². The first-order chi connectivity index (χ1) is 44.8. The molecule has 92 heavy (non-hydrogen) atoms. The number of aliphatic hydroxyl groups excluding tert-OH is 11. The summed E-state index contributed by atoms with van der Waals surface area (Å²) in [6, 6.07) is -0.967. The van der Waals surface area contributed by atoms with Crippen LogP contribution in [-0.4, -0.2) is 193 Å². The van der Waals surface area contributed by atoms with Gasteiger partial charge in [-0.05, 0) is 19.3 Å². The van der Waals surface area contributed by atoms with Crippen LogP contribution in [0.25, 0.3) is 0 Å². The predicted octanol–water partition coefficient (Wildman–Crippen LogP) is 11.2. The summed E-state index contributed by atoms with van der Waals surface area (Å²) in [5.41, 5.74) is 0. The Morgan fingerprint density at radius 2 is 0.674 bits per heavy atom. The fraction of sp³-hybridized carbons (Fsp3) is 0.959. The average Bonchev–Trinajstić information content (AvgIpc) is 0.803. The highest BCUT2D eigenvalue weighted by Gasteiger charge is 2.53. The topological polar surface area (TPSA) is 307 Å². The predicted molar refractivity (Wildman–Crippen MR) is 360 cm³/mol. The zero-order valence-corrected chi connectivity index (χ0v) is 57.8. The van der Waals surface area contributed by atoms with Crippen LogP contribution in [0.4, 0.5) is 0 Å². The molecule has 0 aromatic rings. The summed E-state index contributed by atoms with van der Waals surface area (Å²) in [5, 5.41) is 120. The maximum Gasteiger partial charge on any atom is 0.220 e. The molecule has 0 saturated carbocycles. The van der Waals surface area contributed by atoms with Crippen LogP contribution < -0.4 is 5.32 Å². The number of hydrogen-bond acceptors (Lipinski definition) is 18. The van der Waals surface area contributed by atoms with E-state index in [1.165, 1.54) is 244 Å². The normalized spacial score (nSPS) is 27.7. The van der Waals surface area contributed by atoms with Crippen molar-refractivity contribution in [1.82, 2.24) is 5.32 Å². The SMILES string of the molecule is CCCCCCCCCC/C=C/C(O)C(COC1OC(CO)C(OC2OC(CO)C(OC3OC(CO)C(O)C(O)C3O)C(O)C2O)C(O)C1O)NC(=O)CCCCCCCCCCCCCCCCCCCCCCCCCCCCCCCCCCCCCCC.